The van der Waals surface area contributed by atoms with E-state index in [1.54, 1.807) is 12.0 Å². The summed E-state index contributed by atoms with van der Waals surface area (Å²) in [6.07, 6.45) is 0.613. The molecule has 1 heterocycles. The Balaban J connectivity index is 2.18. The zero-order valence-electron chi connectivity index (χ0n) is 22.5. The maximum atomic E-state index is 14.7. The van der Waals surface area contributed by atoms with E-state index in [1.165, 1.54) is 0 Å². The molecule has 2 atom stereocenters. The minimum absolute atomic E-state index is 0.136. The number of carbonyl (C=O) groups excluding carboxylic acids is 1. The zero-order chi connectivity index (χ0) is 27.0. The number of amides is 1. The van der Waals surface area contributed by atoms with Crippen molar-refractivity contribution in [1.29, 1.82) is 0 Å². The van der Waals surface area contributed by atoms with Crippen molar-refractivity contribution in [2.45, 2.75) is 46.5 Å². The monoisotopic (exact) mass is 510 g/mol. The van der Waals surface area contributed by atoms with Gasteiger partial charge in [0, 0.05) is 31.5 Å². The molecule has 37 heavy (non-hydrogen) atoms. The Hall–Kier alpha value is -3.23. The Kier molecular flexibility index (Phi) is 9.83. The summed E-state index contributed by atoms with van der Waals surface area (Å²) in [5, 5.41) is 0. The van der Waals surface area contributed by atoms with Gasteiger partial charge in [-0.05, 0) is 30.0 Å². The van der Waals surface area contributed by atoms with Crippen molar-refractivity contribution in [3.63, 3.8) is 0 Å². The second-order valence-electron chi connectivity index (χ2n) is 10.1. The molecule has 0 aliphatic carbocycles. The first-order valence-electron chi connectivity index (χ1n) is 12.6. The minimum atomic E-state index is -1.37. The highest BCUT2D eigenvalue weighted by Gasteiger charge is 2.39. The predicted octanol–water partition coefficient (Wildman–Crippen LogP) is 4.86. The number of halogens is 1. The van der Waals surface area contributed by atoms with Crippen LogP contribution in [0.25, 0.3) is 11.3 Å². The topological polar surface area (TPSA) is 82.6 Å². The van der Waals surface area contributed by atoms with Gasteiger partial charge in [-0.15, -0.1) is 0 Å². The number of rotatable bonds is 12. The summed E-state index contributed by atoms with van der Waals surface area (Å²) >= 11 is 0. The van der Waals surface area contributed by atoms with E-state index in [0.717, 1.165) is 22.6 Å². The van der Waals surface area contributed by atoms with Crippen LogP contribution in [0.3, 0.4) is 0 Å². The number of benzene rings is 2. The molecule has 2 N–H and O–H groups in total. The molecule has 200 valence electrons. The first kappa shape index (κ1) is 28.3. The van der Waals surface area contributed by atoms with Crippen LogP contribution in [-0.4, -0.2) is 59.9 Å². The molecule has 3 rings (SSSR count). The molecule has 3 aromatic rings. The van der Waals surface area contributed by atoms with Crippen LogP contribution in [0, 0.1) is 5.41 Å². The van der Waals surface area contributed by atoms with Crippen molar-refractivity contribution < 1.29 is 18.7 Å². The maximum absolute atomic E-state index is 14.7. The van der Waals surface area contributed by atoms with Gasteiger partial charge in [0.1, 0.15) is 24.4 Å². The van der Waals surface area contributed by atoms with Crippen molar-refractivity contribution in [3.05, 3.63) is 72.2 Å². The summed E-state index contributed by atoms with van der Waals surface area (Å²) in [6, 6.07) is 17.2. The van der Waals surface area contributed by atoms with Crippen molar-refractivity contribution in [1.82, 2.24) is 14.5 Å². The van der Waals surface area contributed by atoms with E-state index in [1.807, 2.05) is 88.5 Å². The Morgan fingerprint density at radius 2 is 1.89 bits per heavy atom. The number of alkyl halides is 1. The SMILES string of the molecule is CCOCC(=O)N(C[C@@H](F)CN)[C@@H](c1nc(-c2cccc(OC)c2)cn1Cc1ccccc1)C(C)(C)C. The number of nitrogens with two attached hydrogens (primary N) is 1. The van der Waals surface area contributed by atoms with Gasteiger partial charge in [0.15, 0.2) is 0 Å². The first-order valence-corrected chi connectivity index (χ1v) is 12.6. The van der Waals surface area contributed by atoms with E-state index >= 15 is 0 Å². The number of imidazole rings is 1. The Morgan fingerprint density at radius 1 is 1.16 bits per heavy atom. The summed E-state index contributed by atoms with van der Waals surface area (Å²) in [5.41, 5.74) is 7.88. The third-order valence-electron chi connectivity index (χ3n) is 6.15. The summed E-state index contributed by atoms with van der Waals surface area (Å²) in [5.74, 6) is 1.10. The van der Waals surface area contributed by atoms with Gasteiger partial charge in [-0.3, -0.25) is 4.79 Å². The fourth-order valence-corrected chi connectivity index (χ4v) is 4.38. The van der Waals surface area contributed by atoms with E-state index in [9.17, 15) is 9.18 Å². The van der Waals surface area contributed by atoms with Crippen LogP contribution in [0.15, 0.2) is 60.8 Å². The number of hydrogen-bond donors (Lipinski definition) is 1. The molecule has 0 spiro atoms. The highest BCUT2D eigenvalue weighted by atomic mass is 19.1. The molecule has 7 nitrogen and oxygen atoms in total. The Bertz CT molecular complexity index is 1140. The molecule has 1 aromatic heterocycles. The van der Waals surface area contributed by atoms with Gasteiger partial charge in [0.25, 0.3) is 0 Å². The zero-order valence-corrected chi connectivity index (χ0v) is 22.5. The molecule has 0 radical (unpaired) electrons. The van der Waals surface area contributed by atoms with Crippen LogP contribution in [0.4, 0.5) is 4.39 Å². The third-order valence-corrected chi connectivity index (χ3v) is 6.15. The van der Waals surface area contributed by atoms with Crippen LogP contribution in [0.1, 0.15) is 45.1 Å². The number of nitrogens with zero attached hydrogens (tertiary/aromatic N) is 3. The van der Waals surface area contributed by atoms with Gasteiger partial charge < -0.3 is 24.7 Å². The number of aromatic nitrogens is 2. The molecule has 2 aromatic carbocycles. The van der Waals surface area contributed by atoms with Crippen LogP contribution in [0.2, 0.25) is 0 Å². The standard InChI is InChI=1S/C29H39FN4O3/c1-6-37-20-26(35)34(18-23(30)16-31)27(29(2,3)4)28-32-25(22-13-10-14-24(15-22)36-5)19-33(28)17-21-11-8-7-9-12-21/h7-15,19,23,27H,6,16-18,20,31H2,1-5H3/t23-,27-/m0/s1. The first-order chi connectivity index (χ1) is 17.7. The second-order valence-corrected chi connectivity index (χ2v) is 10.1. The molecule has 0 unspecified atom stereocenters. The van der Waals surface area contributed by atoms with Gasteiger partial charge in [0.05, 0.1) is 25.4 Å². The van der Waals surface area contributed by atoms with Crippen LogP contribution >= 0.6 is 0 Å². The highest BCUT2D eigenvalue weighted by molar-refractivity contribution is 5.78. The number of hydrogen-bond acceptors (Lipinski definition) is 5. The third kappa shape index (κ3) is 7.40. The number of ether oxygens (including phenoxy) is 2. The molecular formula is C29H39FN4O3. The van der Waals surface area contributed by atoms with Crippen LogP contribution in [-0.2, 0) is 16.1 Å². The molecular weight excluding hydrogens is 471 g/mol. The van der Waals surface area contributed by atoms with Crippen molar-refractivity contribution in [3.8, 4) is 17.0 Å². The number of carbonyl (C=O) groups is 1. The largest absolute Gasteiger partial charge is 0.497 e. The Labute approximate surface area is 219 Å². The molecule has 0 bridgehead atoms. The average molecular weight is 511 g/mol. The maximum Gasteiger partial charge on any atom is 0.249 e. The Morgan fingerprint density at radius 3 is 2.51 bits per heavy atom. The summed E-state index contributed by atoms with van der Waals surface area (Å²) in [4.78, 5) is 20.0. The molecule has 8 heteroatoms. The van der Waals surface area contributed by atoms with E-state index in [0.29, 0.717) is 19.0 Å². The van der Waals surface area contributed by atoms with Gasteiger partial charge in [-0.2, -0.15) is 0 Å². The van der Waals surface area contributed by atoms with Crippen molar-refractivity contribution >= 4 is 5.91 Å². The highest BCUT2D eigenvalue weighted by Crippen LogP contribution is 2.39. The van der Waals surface area contributed by atoms with E-state index in [2.05, 4.69) is 4.57 Å². The lowest BCUT2D eigenvalue weighted by molar-refractivity contribution is -0.142. The predicted molar refractivity (Wildman–Crippen MR) is 144 cm³/mol. The molecule has 0 saturated heterocycles. The smallest absolute Gasteiger partial charge is 0.249 e. The minimum Gasteiger partial charge on any atom is -0.497 e. The van der Waals surface area contributed by atoms with Crippen molar-refractivity contribution in [2.75, 3.05) is 33.4 Å². The lowest BCUT2D eigenvalue weighted by atomic mass is 9.84. The molecule has 0 saturated carbocycles. The summed E-state index contributed by atoms with van der Waals surface area (Å²) in [6.45, 7) is 8.39. The molecule has 0 aliphatic rings. The van der Waals surface area contributed by atoms with Gasteiger partial charge in [0.2, 0.25) is 5.91 Å². The van der Waals surface area contributed by atoms with Gasteiger partial charge in [-0.1, -0.05) is 63.2 Å². The van der Waals surface area contributed by atoms with Gasteiger partial charge in [-0.25, -0.2) is 9.37 Å². The molecule has 0 aliphatic heterocycles. The van der Waals surface area contributed by atoms with Gasteiger partial charge >= 0.3 is 0 Å². The number of methoxy groups -OCH3 is 1. The van der Waals surface area contributed by atoms with Crippen LogP contribution < -0.4 is 10.5 Å². The van der Waals surface area contributed by atoms with Crippen LogP contribution in [0.5, 0.6) is 5.75 Å². The average Bonchev–Trinajstić information content (AvgIpc) is 3.29. The van der Waals surface area contributed by atoms with E-state index in [4.69, 9.17) is 20.2 Å². The summed E-state index contributed by atoms with van der Waals surface area (Å²) in [7, 11) is 1.63. The quantitative estimate of drug-likeness (QED) is 0.376. The molecule has 1 amide bonds. The lowest BCUT2D eigenvalue weighted by Gasteiger charge is -2.40. The normalized spacial score (nSPS) is 13.3. The van der Waals surface area contributed by atoms with E-state index < -0.39 is 17.6 Å². The van der Waals surface area contributed by atoms with E-state index in [-0.39, 0.29) is 25.6 Å². The van der Waals surface area contributed by atoms with Crippen molar-refractivity contribution in [2.24, 2.45) is 11.1 Å². The molecule has 0 fully saturated rings. The second kappa shape index (κ2) is 12.8. The fourth-order valence-electron chi connectivity index (χ4n) is 4.38. The lowest BCUT2D eigenvalue weighted by Crippen LogP contribution is -2.47. The summed E-state index contributed by atoms with van der Waals surface area (Å²) < 4.78 is 27.6. The fraction of sp³-hybridized carbons (Fsp3) is 0.448.